The topological polar surface area (TPSA) is 60.9 Å². The molecule has 3 rings (SSSR count). The highest BCUT2D eigenvalue weighted by Crippen LogP contribution is 2.19. The van der Waals surface area contributed by atoms with E-state index in [0.717, 1.165) is 10.9 Å². The van der Waals surface area contributed by atoms with Crippen molar-refractivity contribution >= 4 is 10.8 Å². The predicted octanol–water partition coefficient (Wildman–Crippen LogP) is 2.10. The fourth-order valence-electron chi connectivity index (χ4n) is 2.25. The number of benzene rings is 2. The summed E-state index contributed by atoms with van der Waals surface area (Å²) in [7, 11) is 0. The van der Waals surface area contributed by atoms with Crippen LogP contribution in [0.25, 0.3) is 10.8 Å². The molecule has 0 radical (unpaired) electrons. The number of rotatable bonds is 3. The van der Waals surface area contributed by atoms with E-state index in [1.165, 1.54) is 16.1 Å². The third-order valence-electron chi connectivity index (χ3n) is 3.36. The van der Waals surface area contributed by atoms with Crippen molar-refractivity contribution in [3.05, 3.63) is 76.7 Å². The van der Waals surface area contributed by atoms with Gasteiger partial charge in [0, 0.05) is 18.3 Å². The minimum Gasteiger partial charge on any atom is -0.322 e. The van der Waals surface area contributed by atoms with Gasteiger partial charge in [0.25, 0.3) is 5.56 Å². The number of fused-ring (bicyclic) bond motifs is 1. The van der Waals surface area contributed by atoms with Crippen LogP contribution >= 0.6 is 0 Å². The van der Waals surface area contributed by atoms with Crippen LogP contribution in [0.1, 0.15) is 11.6 Å². The van der Waals surface area contributed by atoms with E-state index in [2.05, 4.69) is 23.3 Å². The predicted molar refractivity (Wildman–Crippen MR) is 79.4 cm³/mol. The van der Waals surface area contributed by atoms with Crippen LogP contribution in [0, 0.1) is 0 Å². The lowest BCUT2D eigenvalue weighted by Crippen LogP contribution is -2.27. The van der Waals surface area contributed by atoms with E-state index in [9.17, 15) is 4.79 Å². The van der Waals surface area contributed by atoms with Crippen molar-refractivity contribution in [1.82, 2.24) is 9.78 Å². The van der Waals surface area contributed by atoms with Crippen LogP contribution in [0.15, 0.2) is 65.6 Å². The van der Waals surface area contributed by atoms with Crippen molar-refractivity contribution in [2.45, 2.75) is 12.6 Å². The molecule has 4 nitrogen and oxygen atoms in total. The van der Waals surface area contributed by atoms with E-state index in [4.69, 9.17) is 5.73 Å². The molecule has 20 heavy (non-hydrogen) atoms. The van der Waals surface area contributed by atoms with Crippen LogP contribution < -0.4 is 11.3 Å². The van der Waals surface area contributed by atoms with Crippen LogP contribution in [-0.4, -0.2) is 9.78 Å². The van der Waals surface area contributed by atoms with Crippen LogP contribution in [0.5, 0.6) is 0 Å². The normalized spacial score (nSPS) is 12.4. The molecule has 4 heteroatoms. The molecule has 2 N–H and O–H groups in total. The Balaban J connectivity index is 1.91. The minimum absolute atomic E-state index is 0.135. The Hall–Kier alpha value is -2.46. The molecule has 1 unspecified atom stereocenters. The number of nitrogens with zero attached hydrogens (tertiary/aromatic N) is 2. The summed E-state index contributed by atoms with van der Waals surface area (Å²) >= 11 is 0. The quantitative estimate of drug-likeness (QED) is 0.789. The summed E-state index contributed by atoms with van der Waals surface area (Å²) in [5, 5.41) is 6.36. The molecular formula is C16H15N3O. The Morgan fingerprint density at radius 3 is 2.65 bits per heavy atom. The average Bonchev–Trinajstić information content (AvgIpc) is 2.49. The molecule has 0 saturated heterocycles. The highest BCUT2D eigenvalue weighted by molar-refractivity contribution is 5.83. The lowest BCUT2D eigenvalue weighted by molar-refractivity contribution is 0.504. The van der Waals surface area contributed by atoms with E-state index in [-0.39, 0.29) is 11.6 Å². The largest absolute Gasteiger partial charge is 0.322 e. The molecule has 0 saturated carbocycles. The van der Waals surface area contributed by atoms with Gasteiger partial charge in [-0.3, -0.25) is 4.79 Å². The molecule has 0 bridgehead atoms. The smallest absolute Gasteiger partial charge is 0.266 e. The maximum Gasteiger partial charge on any atom is 0.266 e. The average molecular weight is 265 g/mol. The molecule has 1 atom stereocenters. The summed E-state index contributed by atoms with van der Waals surface area (Å²) < 4.78 is 1.39. The van der Waals surface area contributed by atoms with Gasteiger partial charge in [-0.15, -0.1) is 0 Å². The summed E-state index contributed by atoms with van der Waals surface area (Å²) in [5.74, 6) is 0. The molecular weight excluding hydrogens is 250 g/mol. The molecule has 1 heterocycles. The number of aromatic nitrogens is 2. The Morgan fingerprint density at radius 1 is 1.05 bits per heavy atom. The van der Waals surface area contributed by atoms with Gasteiger partial charge in [0.05, 0.1) is 6.54 Å². The lowest BCUT2D eigenvalue weighted by atomic mass is 10.0. The highest BCUT2D eigenvalue weighted by Gasteiger charge is 2.09. The van der Waals surface area contributed by atoms with E-state index >= 15 is 0 Å². The molecule has 100 valence electrons. The molecule has 0 aliphatic rings. The van der Waals surface area contributed by atoms with E-state index in [1.54, 1.807) is 12.3 Å². The maximum atomic E-state index is 11.6. The second-order valence-corrected chi connectivity index (χ2v) is 4.76. The summed E-state index contributed by atoms with van der Waals surface area (Å²) in [6.45, 7) is 0.373. The molecule has 0 amide bonds. The van der Waals surface area contributed by atoms with Gasteiger partial charge in [0.15, 0.2) is 0 Å². The zero-order valence-electron chi connectivity index (χ0n) is 10.9. The Morgan fingerprint density at radius 2 is 1.85 bits per heavy atom. The third-order valence-corrected chi connectivity index (χ3v) is 3.36. The van der Waals surface area contributed by atoms with Crippen molar-refractivity contribution in [3.63, 3.8) is 0 Å². The van der Waals surface area contributed by atoms with Crippen molar-refractivity contribution in [1.29, 1.82) is 0 Å². The van der Waals surface area contributed by atoms with Gasteiger partial charge in [-0.1, -0.05) is 36.4 Å². The third kappa shape index (κ3) is 2.46. The monoisotopic (exact) mass is 265 g/mol. The molecule has 2 aromatic carbocycles. The maximum absolute atomic E-state index is 11.6. The number of hydrogen-bond donors (Lipinski definition) is 1. The summed E-state index contributed by atoms with van der Waals surface area (Å²) in [4.78, 5) is 11.6. The summed E-state index contributed by atoms with van der Waals surface area (Å²) in [6, 6.07) is 17.1. The lowest BCUT2D eigenvalue weighted by Gasteiger charge is -2.13. The van der Waals surface area contributed by atoms with Crippen molar-refractivity contribution < 1.29 is 0 Å². The summed E-state index contributed by atoms with van der Waals surface area (Å²) in [5.41, 5.74) is 7.05. The molecule has 0 aliphatic carbocycles. The van der Waals surface area contributed by atoms with Gasteiger partial charge < -0.3 is 5.73 Å². The first-order chi connectivity index (χ1) is 9.74. The van der Waals surface area contributed by atoms with Gasteiger partial charge in [0.1, 0.15) is 0 Å². The van der Waals surface area contributed by atoms with Gasteiger partial charge in [0.2, 0.25) is 0 Å². The molecule has 1 aromatic heterocycles. The molecule has 0 fully saturated rings. The molecule has 3 aromatic rings. The van der Waals surface area contributed by atoms with E-state index in [0.29, 0.717) is 6.54 Å². The van der Waals surface area contributed by atoms with Crippen LogP contribution in [0.4, 0.5) is 0 Å². The molecule has 0 aliphatic heterocycles. The zero-order valence-corrected chi connectivity index (χ0v) is 10.9. The minimum atomic E-state index is -0.257. The van der Waals surface area contributed by atoms with Crippen LogP contribution in [0.2, 0.25) is 0 Å². The Bertz CT molecular complexity index is 795. The van der Waals surface area contributed by atoms with E-state index in [1.807, 2.05) is 24.3 Å². The molecule has 0 spiro atoms. The van der Waals surface area contributed by atoms with Crippen LogP contribution in [-0.2, 0) is 6.54 Å². The number of nitrogens with two attached hydrogens (primary N) is 1. The second kappa shape index (κ2) is 5.27. The van der Waals surface area contributed by atoms with Crippen molar-refractivity contribution in [2.75, 3.05) is 0 Å². The van der Waals surface area contributed by atoms with Gasteiger partial charge >= 0.3 is 0 Å². The zero-order chi connectivity index (χ0) is 13.9. The first kappa shape index (κ1) is 12.6. The van der Waals surface area contributed by atoms with E-state index < -0.39 is 0 Å². The fourth-order valence-corrected chi connectivity index (χ4v) is 2.25. The van der Waals surface area contributed by atoms with Gasteiger partial charge in [-0.05, 0) is 28.5 Å². The standard InChI is InChI=1S/C16H15N3O/c17-15(11-19-16(20)6-3-9-18-19)14-8-7-12-4-1-2-5-13(12)10-14/h1-10,15H,11,17H2. The highest BCUT2D eigenvalue weighted by atomic mass is 16.1. The van der Waals surface area contributed by atoms with Gasteiger partial charge in [-0.25, -0.2) is 4.68 Å². The van der Waals surface area contributed by atoms with Crippen molar-refractivity contribution in [2.24, 2.45) is 5.73 Å². The van der Waals surface area contributed by atoms with Gasteiger partial charge in [-0.2, -0.15) is 5.10 Å². The van der Waals surface area contributed by atoms with Crippen LogP contribution in [0.3, 0.4) is 0 Å². The van der Waals surface area contributed by atoms with Crippen molar-refractivity contribution in [3.8, 4) is 0 Å². The first-order valence-electron chi connectivity index (χ1n) is 6.50. The summed E-state index contributed by atoms with van der Waals surface area (Å²) in [6.07, 6.45) is 1.59. The Kier molecular flexibility index (Phi) is 3.31. The second-order valence-electron chi connectivity index (χ2n) is 4.76. The fraction of sp³-hybridized carbons (Fsp3) is 0.125. The first-order valence-corrected chi connectivity index (χ1v) is 6.50. The Labute approximate surface area is 116 Å². The number of hydrogen-bond acceptors (Lipinski definition) is 3. The SMILES string of the molecule is NC(Cn1ncccc1=O)c1ccc2ccccc2c1.